The molecule has 7 nitrogen and oxygen atoms in total. The number of rotatable bonds is 27. The van der Waals surface area contributed by atoms with Crippen molar-refractivity contribution >= 4 is 11.7 Å². The second-order valence-corrected chi connectivity index (χ2v) is 13.7. The lowest BCUT2D eigenvalue weighted by Crippen LogP contribution is -2.45. The molecule has 0 spiro atoms. The van der Waals surface area contributed by atoms with Crippen molar-refractivity contribution in [3.8, 4) is 0 Å². The summed E-state index contributed by atoms with van der Waals surface area (Å²) < 4.78 is 1.78. The van der Waals surface area contributed by atoms with Crippen LogP contribution in [0.1, 0.15) is 191 Å². The zero-order valence-corrected chi connectivity index (χ0v) is 28.8. The van der Waals surface area contributed by atoms with E-state index >= 15 is 0 Å². The molecule has 0 bridgehead atoms. The topological polar surface area (TPSA) is 84.7 Å². The Kier molecular flexibility index (Phi) is 21.4. The highest BCUT2D eigenvalue weighted by Gasteiger charge is 2.33. The molecule has 0 radical (unpaired) electrons. The van der Waals surface area contributed by atoms with Crippen LogP contribution in [0.2, 0.25) is 0 Å². The van der Waals surface area contributed by atoms with E-state index in [0.29, 0.717) is 30.9 Å². The minimum atomic E-state index is -0.613. The Morgan fingerprint density at radius 3 is 1.73 bits per heavy atom. The van der Waals surface area contributed by atoms with Crippen LogP contribution in [0.3, 0.4) is 0 Å². The van der Waals surface area contributed by atoms with Gasteiger partial charge < -0.3 is 9.47 Å². The molecule has 1 aliphatic heterocycles. The maximum atomic E-state index is 13.3. The van der Waals surface area contributed by atoms with Crippen LogP contribution in [0, 0.1) is 5.92 Å². The molecule has 0 saturated carbocycles. The summed E-state index contributed by atoms with van der Waals surface area (Å²) in [6, 6.07) is 0. The largest absolute Gasteiger partial charge is 0.330 e. The molecular formula is C37H67N3O4. The molecule has 2 heterocycles. The SMILES string of the molecule is CCCCCCCCCCCCCCCCC(=O)CCCCCCCCCCN1C(=O)c2c(ncn2C)CC(C)CC1OO. The van der Waals surface area contributed by atoms with E-state index < -0.39 is 6.23 Å². The molecule has 0 aromatic carbocycles. The number of aryl methyl sites for hydroxylation is 1. The number of hydrogen-bond donors (Lipinski definition) is 1. The highest BCUT2D eigenvalue weighted by atomic mass is 17.1. The van der Waals surface area contributed by atoms with Gasteiger partial charge in [-0.3, -0.25) is 9.59 Å². The summed E-state index contributed by atoms with van der Waals surface area (Å²) in [7, 11) is 1.85. The van der Waals surface area contributed by atoms with E-state index in [2.05, 4.69) is 18.8 Å². The molecule has 7 heteroatoms. The standard InChI is InChI=1S/C37H67N3O4/c1-4-5-6-7-8-9-10-11-12-13-14-17-20-23-26-33(41)27-24-21-18-15-16-19-22-25-28-40-35(44-43)30-32(2)29-34-36(37(40)42)39(3)31-38-34/h31-32,35,43H,4-30H2,1-3H3. The number of carbonyl (C=O) groups excluding carboxylic acids is 2. The van der Waals surface area contributed by atoms with Gasteiger partial charge >= 0.3 is 0 Å². The molecule has 44 heavy (non-hydrogen) atoms. The second-order valence-electron chi connectivity index (χ2n) is 13.7. The third kappa shape index (κ3) is 16.0. The van der Waals surface area contributed by atoms with Crippen LogP contribution in [-0.2, 0) is 23.2 Å². The van der Waals surface area contributed by atoms with E-state index in [1.54, 1.807) is 15.8 Å². The van der Waals surface area contributed by atoms with Crippen LogP contribution in [0.25, 0.3) is 0 Å². The van der Waals surface area contributed by atoms with Crippen molar-refractivity contribution in [3.63, 3.8) is 0 Å². The first kappa shape index (κ1) is 38.5. The maximum absolute atomic E-state index is 13.3. The Labute approximate surface area is 269 Å². The number of carbonyl (C=O) groups is 2. The molecular weight excluding hydrogens is 550 g/mol. The fourth-order valence-electron chi connectivity index (χ4n) is 6.71. The van der Waals surface area contributed by atoms with Gasteiger partial charge in [0, 0.05) is 26.4 Å². The fourth-order valence-corrected chi connectivity index (χ4v) is 6.71. The van der Waals surface area contributed by atoms with Gasteiger partial charge in [0.25, 0.3) is 5.91 Å². The smallest absolute Gasteiger partial charge is 0.274 e. The zero-order chi connectivity index (χ0) is 31.8. The van der Waals surface area contributed by atoms with Crippen molar-refractivity contribution in [2.45, 2.75) is 187 Å². The number of nitrogens with zero attached hydrogens (tertiary/aromatic N) is 3. The first-order valence-corrected chi connectivity index (χ1v) is 18.6. The van der Waals surface area contributed by atoms with Crippen molar-refractivity contribution in [2.75, 3.05) is 6.54 Å². The minimum absolute atomic E-state index is 0.107. The predicted octanol–water partition coefficient (Wildman–Crippen LogP) is 10.2. The third-order valence-corrected chi connectivity index (χ3v) is 9.51. The van der Waals surface area contributed by atoms with Gasteiger partial charge in [-0.2, -0.15) is 0 Å². The normalized spacial score (nSPS) is 17.1. The summed E-state index contributed by atoms with van der Waals surface area (Å²) in [5.74, 6) is 0.612. The Hall–Kier alpha value is -1.73. The monoisotopic (exact) mass is 618 g/mol. The number of aromatic nitrogens is 2. The molecule has 2 rings (SSSR count). The molecule has 2 atom stereocenters. The highest BCUT2D eigenvalue weighted by molar-refractivity contribution is 5.94. The van der Waals surface area contributed by atoms with Crippen molar-refractivity contribution in [3.05, 3.63) is 17.7 Å². The molecule has 1 amide bonds. The van der Waals surface area contributed by atoms with E-state index in [9.17, 15) is 14.8 Å². The maximum Gasteiger partial charge on any atom is 0.274 e. The number of amides is 1. The number of Topliss-reactive ketones (excluding diaryl/α,β-unsaturated/α-hetero) is 1. The molecule has 0 fully saturated rings. The Morgan fingerprint density at radius 1 is 0.795 bits per heavy atom. The number of unbranched alkanes of at least 4 members (excludes halogenated alkanes) is 20. The minimum Gasteiger partial charge on any atom is -0.330 e. The molecule has 2 unspecified atom stereocenters. The lowest BCUT2D eigenvalue weighted by Gasteiger charge is -2.33. The summed E-state index contributed by atoms with van der Waals surface area (Å²) in [5, 5.41) is 9.55. The number of imidazole rings is 1. The summed E-state index contributed by atoms with van der Waals surface area (Å²) in [6.45, 7) is 4.96. The predicted molar refractivity (Wildman–Crippen MR) is 181 cm³/mol. The van der Waals surface area contributed by atoms with Gasteiger partial charge in [-0.25, -0.2) is 15.1 Å². The molecule has 1 aromatic rings. The van der Waals surface area contributed by atoms with Gasteiger partial charge in [-0.1, -0.05) is 136 Å². The number of fused-ring (bicyclic) bond motifs is 1. The highest BCUT2D eigenvalue weighted by Crippen LogP contribution is 2.25. The zero-order valence-electron chi connectivity index (χ0n) is 28.8. The van der Waals surface area contributed by atoms with E-state index in [4.69, 9.17) is 4.89 Å². The van der Waals surface area contributed by atoms with E-state index in [0.717, 1.165) is 57.1 Å². The average molecular weight is 618 g/mol. The quantitative estimate of drug-likeness (QED) is 0.0603. The summed E-state index contributed by atoms with van der Waals surface area (Å²) in [5.41, 5.74) is 1.44. The first-order valence-electron chi connectivity index (χ1n) is 18.6. The van der Waals surface area contributed by atoms with Gasteiger partial charge in [0.2, 0.25) is 0 Å². The van der Waals surface area contributed by atoms with Crippen molar-refractivity contribution in [2.24, 2.45) is 13.0 Å². The summed E-state index contributed by atoms with van der Waals surface area (Å²) >= 11 is 0. The molecule has 254 valence electrons. The van der Waals surface area contributed by atoms with Crippen LogP contribution >= 0.6 is 0 Å². The van der Waals surface area contributed by atoms with Gasteiger partial charge in [-0.15, -0.1) is 0 Å². The lowest BCUT2D eigenvalue weighted by molar-refractivity contribution is -0.309. The van der Waals surface area contributed by atoms with Crippen LogP contribution in [-0.4, -0.2) is 44.2 Å². The van der Waals surface area contributed by atoms with Gasteiger partial charge in [0.15, 0.2) is 6.23 Å². The van der Waals surface area contributed by atoms with Crippen LogP contribution in [0.4, 0.5) is 0 Å². The third-order valence-electron chi connectivity index (χ3n) is 9.51. The van der Waals surface area contributed by atoms with E-state index in [1.807, 2.05) is 7.05 Å². The van der Waals surface area contributed by atoms with Crippen molar-refractivity contribution in [1.29, 1.82) is 0 Å². The van der Waals surface area contributed by atoms with E-state index in [1.165, 1.54) is 103 Å². The Bertz CT molecular complexity index is 886. The summed E-state index contributed by atoms with van der Waals surface area (Å²) in [6.07, 6.45) is 31.7. The molecule has 0 aliphatic carbocycles. The van der Waals surface area contributed by atoms with Gasteiger partial charge in [0.05, 0.1) is 12.0 Å². The molecule has 1 aliphatic rings. The van der Waals surface area contributed by atoms with Crippen LogP contribution in [0.5, 0.6) is 0 Å². The first-order chi connectivity index (χ1) is 21.5. The summed E-state index contributed by atoms with van der Waals surface area (Å²) in [4.78, 5) is 36.4. The van der Waals surface area contributed by atoms with Crippen LogP contribution < -0.4 is 0 Å². The Morgan fingerprint density at radius 2 is 1.25 bits per heavy atom. The molecule has 1 aromatic heterocycles. The number of hydrogen-bond acceptors (Lipinski definition) is 5. The van der Waals surface area contributed by atoms with Gasteiger partial charge in [-0.05, 0) is 38.0 Å². The van der Waals surface area contributed by atoms with Crippen molar-refractivity contribution in [1.82, 2.24) is 14.5 Å². The van der Waals surface area contributed by atoms with Crippen LogP contribution in [0.15, 0.2) is 6.33 Å². The lowest BCUT2D eigenvalue weighted by atomic mass is 9.96. The van der Waals surface area contributed by atoms with E-state index in [-0.39, 0.29) is 11.8 Å². The van der Waals surface area contributed by atoms with Crippen molar-refractivity contribution < 1.29 is 19.7 Å². The molecule has 0 saturated heterocycles. The fraction of sp³-hybridized carbons (Fsp3) is 0.865. The molecule has 1 N–H and O–H groups in total. The Balaban J connectivity index is 1.40. The number of ketones is 1. The average Bonchev–Trinajstić information content (AvgIpc) is 3.37. The van der Waals surface area contributed by atoms with Gasteiger partial charge in [0.1, 0.15) is 11.5 Å². The second kappa shape index (κ2) is 24.5.